The minimum absolute atomic E-state index is 0.0351. The lowest BCUT2D eigenvalue weighted by molar-refractivity contribution is -0.137. The molecule has 0 saturated heterocycles. The van der Waals surface area contributed by atoms with Crippen molar-refractivity contribution in [1.82, 2.24) is 0 Å². The molecule has 2 N–H and O–H groups in total. The van der Waals surface area contributed by atoms with Gasteiger partial charge in [0.15, 0.2) is 0 Å². The molecule has 1 amide bonds. The largest absolute Gasteiger partial charge is 0.497 e. The zero-order chi connectivity index (χ0) is 32.1. The summed E-state index contributed by atoms with van der Waals surface area (Å²) in [5, 5.41) is 2.53. The van der Waals surface area contributed by atoms with Crippen LogP contribution < -0.4 is 23.8 Å². The van der Waals surface area contributed by atoms with Gasteiger partial charge in [-0.3, -0.25) is 13.8 Å². The quantitative estimate of drug-likeness (QED) is 0.224. The molecule has 0 spiro atoms. The highest BCUT2D eigenvalue weighted by molar-refractivity contribution is 7.93. The fraction of sp³-hybridized carbons (Fsp3) is 0.138. The number of carbonyl (C=O) groups excluding carboxylic acids is 1. The van der Waals surface area contributed by atoms with Crippen LogP contribution in [0.15, 0.2) is 107 Å². The van der Waals surface area contributed by atoms with Crippen molar-refractivity contribution >= 4 is 43.0 Å². The average molecular weight is 650 g/mol. The van der Waals surface area contributed by atoms with Gasteiger partial charge in [-0.2, -0.15) is 13.2 Å². The molecule has 0 aliphatic carbocycles. The monoisotopic (exact) mass is 649 g/mol. The van der Waals surface area contributed by atoms with E-state index in [-0.39, 0.29) is 32.6 Å². The van der Waals surface area contributed by atoms with Gasteiger partial charge in [0.25, 0.3) is 20.0 Å². The van der Waals surface area contributed by atoms with E-state index in [0.29, 0.717) is 11.8 Å². The first kappa shape index (κ1) is 32.2. The topological polar surface area (TPSA) is 131 Å². The molecule has 0 saturated carbocycles. The molecular weight excluding hydrogens is 623 g/mol. The Bertz CT molecular complexity index is 1850. The van der Waals surface area contributed by atoms with Gasteiger partial charge in [-0.15, -0.1) is 0 Å². The summed E-state index contributed by atoms with van der Waals surface area (Å²) in [5.41, 5.74) is -1.15. The van der Waals surface area contributed by atoms with Crippen LogP contribution in [0.1, 0.15) is 5.56 Å². The zero-order valence-electron chi connectivity index (χ0n) is 23.2. The fourth-order valence-corrected chi connectivity index (χ4v) is 6.53. The van der Waals surface area contributed by atoms with Crippen LogP contribution in [0.2, 0.25) is 0 Å². The third kappa shape index (κ3) is 7.41. The number of benzene rings is 4. The number of nitrogens with zero attached hydrogens (tertiary/aromatic N) is 1. The Kier molecular flexibility index (Phi) is 9.39. The predicted octanol–water partition coefficient (Wildman–Crippen LogP) is 5.36. The van der Waals surface area contributed by atoms with Crippen LogP contribution in [0.5, 0.6) is 11.5 Å². The number of carbonyl (C=O) groups is 1. The van der Waals surface area contributed by atoms with Crippen LogP contribution in [0.25, 0.3) is 0 Å². The Labute approximate surface area is 252 Å². The van der Waals surface area contributed by atoms with E-state index in [4.69, 9.17) is 9.47 Å². The number of ether oxygens (including phenoxy) is 2. The molecule has 4 aromatic rings. The highest BCUT2D eigenvalue weighted by Gasteiger charge is 2.31. The van der Waals surface area contributed by atoms with Crippen molar-refractivity contribution in [1.29, 1.82) is 0 Å². The first-order valence-corrected chi connectivity index (χ1v) is 15.6. The summed E-state index contributed by atoms with van der Waals surface area (Å²) in [5.74, 6) is -0.307. The standard InChI is InChI=1S/C29H26F3N3O7S2/c1-41-23-13-16-27(42-2)26(18-23)35(44(39,40)25-9-4-3-5-10-25)19-28(36)33-21-11-14-24(15-12-21)43(37,38)34-22-8-6-7-20(17-22)29(30,31)32/h3-18,34H,19H2,1-2H3,(H,33,36). The van der Waals surface area contributed by atoms with Crippen molar-refractivity contribution in [2.75, 3.05) is 35.1 Å². The van der Waals surface area contributed by atoms with E-state index < -0.39 is 44.2 Å². The normalized spacial score (nSPS) is 11.8. The van der Waals surface area contributed by atoms with Gasteiger partial charge in [0.1, 0.15) is 18.0 Å². The second-order valence-corrected chi connectivity index (χ2v) is 12.7. The molecule has 0 unspecified atom stereocenters. The minimum atomic E-state index is -4.66. The molecule has 0 radical (unpaired) electrons. The molecule has 0 heterocycles. The maximum atomic E-state index is 13.7. The average Bonchev–Trinajstić information content (AvgIpc) is 2.99. The van der Waals surface area contributed by atoms with Crippen LogP contribution in [0, 0.1) is 0 Å². The number of amides is 1. The summed E-state index contributed by atoms with van der Waals surface area (Å²) in [6.45, 7) is -0.697. The van der Waals surface area contributed by atoms with Crippen molar-refractivity contribution in [3.05, 3.63) is 103 Å². The maximum absolute atomic E-state index is 13.7. The lowest BCUT2D eigenvalue weighted by atomic mass is 10.2. The fourth-order valence-electron chi connectivity index (χ4n) is 4.03. The minimum Gasteiger partial charge on any atom is -0.497 e. The Balaban J connectivity index is 1.57. The lowest BCUT2D eigenvalue weighted by Gasteiger charge is -2.26. The summed E-state index contributed by atoms with van der Waals surface area (Å²) in [6.07, 6.45) is -4.66. The highest BCUT2D eigenvalue weighted by atomic mass is 32.2. The van der Waals surface area contributed by atoms with Crippen molar-refractivity contribution in [2.45, 2.75) is 16.0 Å². The Hall–Kier alpha value is -4.76. The zero-order valence-corrected chi connectivity index (χ0v) is 24.8. The number of methoxy groups -OCH3 is 2. The van der Waals surface area contributed by atoms with Gasteiger partial charge in [0.05, 0.1) is 35.3 Å². The molecule has 0 aromatic heterocycles. The smallest absolute Gasteiger partial charge is 0.416 e. The molecular formula is C29H26F3N3O7S2. The molecule has 232 valence electrons. The van der Waals surface area contributed by atoms with Gasteiger partial charge >= 0.3 is 6.18 Å². The molecule has 0 atom stereocenters. The van der Waals surface area contributed by atoms with Crippen LogP contribution in [-0.4, -0.2) is 43.5 Å². The summed E-state index contributed by atoms with van der Waals surface area (Å²) in [7, 11) is -5.83. The first-order chi connectivity index (χ1) is 20.7. The van der Waals surface area contributed by atoms with E-state index in [0.717, 1.165) is 28.6 Å². The van der Waals surface area contributed by atoms with Crippen LogP contribution in [-0.2, 0) is 31.0 Å². The number of halogens is 3. The number of anilines is 3. The second-order valence-electron chi connectivity index (χ2n) is 9.12. The van der Waals surface area contributed by atoms with E-state index in [1.807, 2.05) is 0 Å². The summed E-state index contributed by atoms with van der Waals surface area (Å²) in [4.78, 5) is 12.8. The van der Waals surface area contributed by atoms with E-state index >= 15 is 0 Å². The predicted molar refractivity (Wildman–Crippen MR) is 158 cm³/mol. The number of hydrogen-bond donors (Lipinski definition) is 2. The van der Waals surface area contributed by atoms with E-state index in [1.54, 1.807) is 12.1 Å². The summed E-state index contributed by atoms with van der Waals surface area (Å²) in [6, 6.07) is 20.4. The van der Waals surface area contributed by atoms with Crippen LogP contribution in [0.4, 0.5) is 30.2 Å². The van der Waals surface area contributed by atoms with Gasteiger partial charge in [-0.25, -0.2) is 16.8 Å². The van der Waals surface area contributed by atoms with Gasteiger partial charge < -0.3 is 14.8 Å². The SMILES string of the molecule is COc1ccc(OC)c(N(CC(=O)Nc2ccc(S(=O)(=O)Nc3cccc(C(F)(F)F)c3)cc2)S(=O)(=O)c2ccccc2)c1. The number of hydrogen-bond acceptors (Lipinski definition) is 7. The third-order valence-corrected chi connectivity index (χ3v) is 9.33. The Morgan fingerprint density at radius 3 is 2.07 bits per heavy atom. The number of nitrogens with one attached hydrogen (secondary N) is 2. The molecule has 4 rings (SSSR count). The molecule has 4 aromatic carbocycles. The van der Waals surface area contributed by atoms with Crippen LogP contribution in [0.3, 0.4) is 0 Å². The molecule has 0 aliphatic rings. The molecule has 15 heteroatoms. The molecule has 0 fully saturated rings. The van der Waals surface area contributed by atoms with Crippen molar-refractivity contribution in [2.24, 2.45) is 0 Å². The van der Waals surface area contributed by atoms with Gasteiger partial charge in [-0.1, -0.05) is 24.3 Å². The molecule has 0 bridgehead atoms. The Morgan fingerprint density at radius 2 is 1.45 bits per heavy atom. The van der Waals surface area contributed by atoms with Gasteiger partial charge in [0.2, 0.25) is 5.91 Å². The van der Waals surface area contributed by atoms with Crippen molar-refractivity contribution in [3.63, 3.8) is 0 Å². The van der Waals surface area contributed by atoms with E-state index in [2.05, 4.69) is 10.0 Å². The van der Waals surface area contributed by atoms with E-state index in [9.17, 15) is 34.8 Å². The number of alkyl halides is 3. The maximum Gasteiger partial charge on any atom is 0.416 e. The van der Waals surface area contributed by atoms with Crippen molar-refractivity contribution < 1.29 is 44.3 Å². The number of rotatable bonds is 11. The van der Waals surface area contributed by atoms with Gasteiger partial charge in [-0.05, 0) is 66.7 Å². The Morgan fingerprint density at radius 1 is 0.773 bits per heavy atom. The number of sulfonamides is 2. The third-order valence-electron chi connectivity index (χ3n) is 6.16. The first-order valence-electron chi connectivity index (χ1n) is 12.6. The van der Waals surface area contributed by atoms with E-state index in [1.165, 1.54) is 68.8 Å². The lowest BCUT2D eigenvalue weighted by Crippen LogP contribution is -2.38. The molecule has 0 aliphatic heterocycles. The summed E-state index contributed by atoms with van der Waals surface area (Å²) < 4.78 is 106. The van der Waals surface area contributed by atoms with Crippen LogP contribution >= 0.6 is 0 Å². The highest BCUT2D eigenvalue weighted by Crippen LogP contribution is 2.36. The van der Waals surface area contributed by atoms with Gasteiger partial charge in [0, 0.05) is 17.4 Å². The second kappa shape index (κ2) is 12.9. The molecule has 10 nitrogen and oxygen atoms in total. The summed E-state index contributed by atoms with van der Waals surface area (Å²) >= 11 is 0. The molecule has 44 heavy (non-hydrogen) atoms. The van der Waals surface area contributed by atoms with Crippen molar-refractivity contribution in [3.8, 4) is 11.5 Å².